The molecule has 0 aliphatic heterocycles. The molecule has 0 fully saturated rings. The molecule has 0 radical (unpaired) electrons. The lowest BCUT2D eigenvalue weighted by Crippen LogP contribution is -2.27. The summed E-state index contributed by atoms with van der Waals surface area (Å²) in [5, 5.41) is 9.76. The number of aryl methyl sites for hydroxylation is 1. The molecule has 1 aromatic heterocycles. The van der Waals surface area contributed by atoms with Gasteiger partial charge in [-0.1, -0.05) is 39.0 Å². The van der Waals surface area contributed by atoms with Crippen LogP contribution < -0.4 is 25.4 Å². The molecule has 284 valence electrons. The van der Waals surface area contributed by atoms with Crippen LogP contribution in [0.4, 0.5) is 23.0 Å². The number of aromatic nitrogens is 2. The predicted octanol–water partition coefficient (Wildman–Crippen LogP) is 6.67. The molecular formula is C40H46N6O7S. The lowest BCUT2D eigenvalue weighted by atomic mass is 9.86. The number of fused-ring (bicyclic) bond motifs is 1. The van der Waals surface area contributed by atoms with E-state index in [-0.39, 0.29) is 28.7 Å². The molecule has 4 aromatic carbocycles. The minimum atomic E-state index is -3.63. The van der Waals surface area contributed by atoms with Gasteiger partial charge in [0.05, 0.1) is 50.1 Å². The van der Waals surface area contributed by atoms with Crippen LogP contribution in [0.15, 0.2) is 79.0 Å². The number of benzene rings is 4. The Labute approximate surface area is 315 Å². The van der Waals surface area contributed by atoms with Crippen molar-refractivity contribution in [3.63, 3.8) is 0 Å². The number of hydrogen-bond donors (Lipinski definition) is 4. The second kappa shape index (κ2) is 17.1. The van der Waals surface area contributed by atoms with Crippen molar-refractivity contribution in [1.29, 1.82) is 0 Å². The van der Waals surface area contributed by atoms with Gasteiger partial charge in [-0.2, -0.15) is 0 Å². The van der Waals surface area contributed by atoms with Gasteiger partial charge < -0.3 is 30.2 Å². The molecule has 0 unspecified atom stereocenters. The number of methoxy groups -OCH3 is 2. The second-order valence-electron chi connectivity index (χ2n) is 13.7. The zero-order valence-electron chi connectivity index (χ0n) is 31.5. The highest BCUT2D eigenvalue weighted by Gasteiger charge is 2.23. The normalized spacial score (nSPS) is 11.6. The van der Waals surface area contributed by atoms with Gasteiger partial charge in [0.15, 0.2) is 5.75 Å². The smallest absolute Gasteiger partial charge is 0.255 e. The fourth-order valence-electron chi connectivity index (χ4n) is 5.63. The molecule has 5 aromatic rings. The molecule has 4 N–H and O–H groups in total. The number of sulfonamides is 1. The van der Waals surface area contributed by atoms with E-state index in [9.17, 15) is 18.0 Å². The molecule has 0 bridgehead atoms. The first kappa shape index (κ1) is 39.6. The third-order valence-corrected chi connectivity index (χ3v) is 9.03. The number of carbonyl (C=O) groups is 2. The SMILES string of the molecule is COCCOCCNC(=O)c1cccc(Nc2ncc3cc(-c4cc(C(=O)Nc5cc(C(C)(C)C)cc(NS(C)(=O)=O)c5OC)ccc4C)ccc3n2)c1. The van der Waals surface area contributed by atoms with Gasteiger partial charge in [0, 0.05) is 42.1 Å². The molecule has 0 atom stereocenters. The van der Waals surface area contributed by atoms with E-state index in [1.165, 1.54) is 7.11 Å². The van der Waals surface area contributed by atoms with E-state index in [1.54, 1.807) is 49.7 Å². The van der Waals surface area contributed by atoms with Crippen LogP contribution in [0.25, 0.3) is 22.0 Å². The van der Waals surface area contributed by atoms with Crippen LogP contribution in [0.3, 0.4) is 0 Å². The van der Waals surface area contributed by atoms with E-state index in [0.717, 1.165) is 33.9 Å². The highest BCUT2D eigenvalue weighted by atomic mass is 32.2. The third-order valence-electron chi connectivity index (χ3n) is 8.44. The summed E-state index contributed by atoms with van der Waals surface area (Å²) in [4.78, 5) is 35.6. The van der Waals surface area contributed by atoms with Crippen molar-refractivity contribution in [2.24, 2.45) is 0 Å². The lowest BCUT2D eigenvalue weighted by molar-refractivity contribution is 0.0692. The second-order valence-corrected chi connectivity index (χ2v) is 15.5. The van der Waals surface area contributed by atoms with Gasteiger partial charge >= 0.3 is 0 Å². The summed E-state index contributed by atoms with van der Waals surface area (Å²) in [6.07, 6.45) is 2.78. The van der Waals surface area contributed by atoms with Crippen LogP contribution in [0.1, 0.15) is 52.6 Å². The summed E-state index contributed by atoms with van der Waals surface area (Å²) in [6, 6.07) is 21.8. The lowest BCUT2D eigenvalue weighted by Gasteiger charge is -2.24. The Morgan fingerprint density at radius 3 is 2.33 bits per heavy atom. The number of nitrogens with one attached hydrogen (secondary N) is 4. The Kier molecular flexibility index (Phi) is 12.5. The Bertz CT molecular complexity index is 2270. The summed E-state index contributed by atoms with van der Waals surface area (Å²) < 4.78 is 42.8. The van der Waals surface area contributed by atoms with Crippen LogP contribution in [0.5, 0.6) is 5.75 Å². The van der Waals surface area contributed by atoms with Crippen molar-refractivity contribution >= 4 is 55.8 Å². The summed E-state index contributed by atoms with van der Waals surface area (Å²) in [5.74, 6) is -0.0381. The maximum atomic E-state index is 13.7. The molecular weight excluding hydrogens is 709 g/mol. The quantitative estimate of drug-likeness (QED) is 0.0847. The van der Waals surface area contributed by atoms with E-state index in [1.807, 2.05) is 64.1 Å². The van der Waals surface area contributed by atoms with Gasteiger partial charge in [-0.3, -0.25) is 14.3 Å². The highest BCUT2D eigenvalue weighted by Crippen LogP contribution is 2.39. The molecule has 54 heavy (non-hydrogen) atoms. The van der Waals surface area contributed by atoms with Gasteiger partial charge in [-0.05, 0) is 89.2 Å². The van der Waals surface area contributed by atoms with Crippen molar-refractivity contribution in [2.45, 2.75) is 33.1 Å². The Balaban J connectivity index is 1.33. The molecule has 0 aliphatic carbocycles. The van der Waals surface area contributed by atoms with Crippen molar-refractivity contribution < 1.29 is 32.2 Å². The Hall–Kier alpha value is -5.57. The van der Waals surface area contributed by atoms with Crippen LogP contribution in [-0.4, -0.2) is 77.0 Å². The average Bonchev–Trinajstić information content (AvgIpc) is 3.12. The van der Waals surface area contributed by atoms with Crippen molar-refractivity contribution in [3.05, 3.63) is 101 Å². The number of hydrogen-bond acceptors (Lipinski definition) is 10. The average molecular weight is 755 g/mol. The van der Waals surface area contributed by atoms with E-state index >= 15 is 0 Å². The van der Waals surface area contributed by atoms with E-state index in [4.69, 9.17) is 14.2 Å². The fourth-order valence-corrected chi connectivity index (χ4v) is 6.18. The Morgan fingerprint density at radius 2 is 1.61 bits per heavy atom. The molecule has 13 nitrogen and oxygen atoms in total. The zero-order valence-corrected chi connectivity index (χ0v) is 32.3. The van der Waals surface area contributed by atoms with Crippen LogP contribution in [-0.2, 0) is 24.9 Å². The molecule has 14 heteroatoms. The molecule has 0 saturated carbocycles. The molecule has 5 rings (SSSR count). The monoisotopic (exact) mass is 754 g/mol. The number of amides is 2. The van der Waals surface area contributed by atoms with E-state index in [0.29, 0.717) is 60.3 Å². The number of nitrogens with zero attached hydrogens (tertiary/aromatic N) is 2. The Morgan fingerprint density at radius 1 is 0.852 bits per heavy atom. The first-order valence-corrected chi connectivity index (χ1v) is 19.2. The molecule has 2 amide bonds. The molecule has 1 heterocycles. The van der Waals surface area contributed by atoms with E-state index in [2.05, 4.69) is 30.6 Å². The van der Waals surface area contributed by atoms with Gasteiger partial charge in [0.25, 0.3) is 11.8 Å². The van der Waals surface area contributed by atoms with Crippen molar-refractivity contribution in [2.75, 3.05) is 62.2 Å². The maximum absolute atomic E-state index is 13.7. The first-order chi connectivity index (χ1) is 25.6. The van der Waals surface area contributed by atoms with Gasteiger partial charge in [-0.15, -0.1) is 0 Å². The van der Waals surface area contributed by atoms with Crippen LogP contribution in [0.2, 0.25) is 0 Å². The number of carbonyl (C=O) groups excluding carboxylic acids is 2. The molecule has 0 aliphatic rings. The standard InChI is InChI=1S/C40H46N6O7S/c1-25-11-12-28(38(48)44-34-22-30(40(2,3)4)23-35(36(34)52-6)46-54(7,49)50)21-32(25)26-13-14-33-29(19-26)24-42-39(45-33)43-31-10-8-9-27(20-31)37(47)41-15-16-53-18-17-51-5/h8-14,19-24,46H,15-18H2,1-7H3,(H,41,47)(H,44,48)(H,42,43,45). The summed E-state index contributed by atoms with van der Waals surface area (Å²) >= 11 is 0. The summed E-state index contributed by atoms with van der Waals surface area (Å²) in [6.45, 7) is 9.68. The number of rotatable bonds is 15. The van der Waals surface area contributed by atoms with E-state index < -0.39 is 10.0 Å². The number of anilines is 4. The van der Waals surface area contributed by atoms with Gasteiger partial charge in [-0.25, -0.2) is 18.4 Å². The van der Waals surface area contributed by atoms with Crippen molar-refractivity contribution in [3.8, 4) is 16.9 Å². The topological polar surface area (TPSA) is 170 Å². The minimum absolute atomic E-state index is 0.200. The van der Waals surface area contributed by atoms with Crippen LogP contribution in [0, 0.1) is 6.92 Å². The molecule has 0 spiro atoms. The number of ether oxygens (including phenoxy) is 3. The molecule has 0 saturated heterocycles. The largest absolute Gasteiger partial charge is 0.492 e. The van der Waals surface area contributed by atoms with Gasteiger partial charge in [0.2, 0.25) is 16.0 Å². The van der Waals surface area contributed by atoms with Crippen molar-refractivity contribution in [1.82, 2.24) is 15.3 Å². The van der Waals surface area contributed by atoms with Gasteiger partial charge in [0.1, 0.15) is 0 Å². The third kappa shape index (κ3) is 10.3. The highest BCUT2D eigenvalue weighted by molar-refractivity contribution is 7.92. The zero-order chi connectivity index (χ0) is 39.0. The minimum Gasteiger partial charge on any atom is -0.492 e. The first-order valence-electron chi connectivity index (χ1n) is 17.3. The summed E-state index contributed by atoms with van der Waals surface area (Å²) in [7, 11) is -0.601. The maximum Gasteiger partial charge on any atom is 0.255 e. The summed E-state index contributed by atoms with van der Waals surface area (Å²) in [5.41, 5.74) is 5.95. The van der Waals surface area contributed by atoms with Crippen LogP contribution >= 0.6 is 0 Å². The predicted molar refractivity (Wildman–Crippen MR) is 213 cm³/mol. The fraction of sp³-hybridized carbons (Fsp3) is 0.300.